The lowest BCUT2D eigenvalue weighted by Crippen LogP contribution is -2.53. The molecule has 6 heteroatoms. The van der Waals surface area contributed by atoms with E-state index in [1.165, 1.54) is 16.3 Å². The SMILES string of the molecule is Cc1ccc(=O)n(CC2(O)CC3CCC(C2)N3Cc2ccsc2)n1. The van der Waals surface area contributed by atoms with Crippen molar-refractivity contribution in [1.82, 2.24) is 14.7 Å². The van der Waals surface area contributed by atoms with Gasteiger partial charge in [0.05, 0.1) is 17.8 Å². The number of aryl methyl sites for hydroxylation is 1. The third kappa shape index (κ3) is 3.06. The molecule has 0 saturated carbocycles. The van der Waals surface area contributed by atoms with Gasteiger partial charge in [-0.1, -0.05) is 0 Å². The van der Waals surface area contributed by atoms with Gasteiger partial charge in [0.2, 0.25) is 0 Å². The summed E-state index contributed by atoms with van der Waals surface area (Å²) in [6.07, 6.45) is 3.70. The Balaban J connectivity index is 1.51. The molecule has 1 N–H and O–H groups in total. The van der Waals surface area contributed by atoms with E-state index in [-0.39, 0.29) is 5.56 Å². The van der Waals surface area contributed by atoms with E-state index >= 15 is 0 Å². The molecule has 0 aliphatic carbocycles. The van der Waals surface area contributed by atoms with Crippen molar-refractivity contribution in [3.63, 3.8) is 0 Å². The summed E-state index contributed by atoms with van der Waals surface area (Å²) < 4.78 is 1.43. The number of aromatic nitrogens is 2. The van der Waals surface area contributed by atoms with Gasteiger partial charge >= 0.3 is 0 Å². The van der Waals surface area contributed by atoms with Crippen LogP contribution in [0, 0.1) is 6.92 Å². The van der Waals surface area contributed by atoms with Crippen molar-refractivity contribution in [1.29, 1.82) is 0 Å². The van der Waals surface area contributed by atoms with E-state index < -0.39 is 5.60 Å². The van der Waals surface area contributed by atoms with E-state index in [2.05, 4.69) is 26.8 Å². The second-order valence-corrected chi connectivity index (χ2v) is 8.07. The lowest BCUT2D eigenvalue weighted by molar-refractivity contribution is -0.0677. The monoisotopic (exact) mass is 345 g/mol. The second kappa shape index (κ2) is 6.10. The van der Waals surface area contributed by atoms with Crippen LogP contribution in [-0.2, 0) is 13.1 Å². The molecule has 2 saturated heterocycles. The van der Waals surface area contributed by atoms with Crippen LogP contribution in [0.3, 0.4) is 0 Å². The van der Waals surface area contributed by atoms with Gasteiger partial charge in [-0.3, -0.25) is 9.69 Å². The number of hydrogen-bond acceptors (Lipinski definition) is 5. The van der Waals surface area contributed by atoms with Gasteiger partial charge in [-0.25, -0.2) is 4.68 Å². The van der Waals surface area contributed by atoms with E-state index in [1.807, 2.05) is 6.92 Å². The Hall–Kier alpha value is -1.50. The number of nitrogens with zero attached hydrogens (tertiary/aromatic N) is 3. The molecule has 2 aliphatic heterocycles. The van der Waals surface area contributed by atoms with Crippen LogP contribution in [0.5, 0.6) is 0 Å². The fourth-order valence-corrected chi connectivity index (χ4v) is 5.00. The van der Waals surface area contributed by atoms with E-state index in [9.17, 15) is 9.90 Å². The van der Waals surface area contributed by atoms with Gasteiger partial charge in [-0.2, -0.15) is 16.4 Å². The van der Waals surface area contributed by atoms with Gasteiger partial charge in [0.15, 0.2) is 0 Å². The fraction of sp³-hybridized carbons (Fsp3) is 0.556. The van der Waals surface area contributed by atoms with Crippen LogP contribution in [0.25, 0.3) is 0 Å². The van der Waals surface area contributed by atoms with Crippen LogP contribution in [0.2, 0.25) is 0 Å². The lowest BCUT2D eigenvalue weighted by Gasteiger charge is -2.43. The van der Waals surface area contributed by atoms with Gasteiger partial charge in [0.25, 0.3) is 5.56 Å². The molecule has 2 unspecified atom stereocenters. The first-order valence-electron chi connectivity index (χ1n) is 8.56. The fourth-order valence-electron chi connectivity index (χ4n) is 4.34. The van der Waals surface area contributed by atoms with E-state index in [1.54, 1.807) is 17.4 Å². The smallest absolute Gasteiger partial charge is 0.266 e. The Kier molecular flexibility index (Phi) is 4.06. The zero-order valence-corrected chi connectivity index (χ0v) is 14.7. The minimum Gasteiger partial charge on any atom is -0.388 e. The van der Waals surface area contributed by atoms with Crippen molar-refractivity contribution in [2.24, 2.45) is 0 Å². The number of rotatable bonds is 4. The summed E-state index contributed by atoms with van der Waals surface area (Å²) in [6, 6.07) is 6.23. The first-order chi connectivity index (χ1) is 11.5. The molecule has 4 heterocycles. The van der Waals surface area contributed by atoms with Crippen LogP contribution in [-0.4, -0.2) is 37.5 Å². The van der Waals surface area contributed by atoms with E-state index in [0.717, 1.165) is 37.9 Å². The predicted molar refractivity (Wildman–Crippen MR) is 94.1 cm³/mol. The molecule has 2 aromatic heterocycles. The molecule has 24 heavy (non-hydrogen) atoms. The molecule has 2 atom stereocenters. The number of fused-ring (bicyclic) bond motifs is 2. The molecular weight excluding hydrogens is 322 g/mol. The Morgan fingerprint density at radius 1 is 1.29 bits per heavy atom. The summed E-state index contributed by atoms with van der Waals surface area (Å²) in [4.78, 5) is 14.6. The normalized spacial score (nSPS) is 29.9. The minimum atomic E-state index is -0.832. The molecule has 2 aromatic rings. The highest BCUT2D eigenvalue weighted by Crippen LogP contribution is 2.42. The average Bonchev–Trinajstić information content (AvgIpc) is 3.12. The highest BCUT2D eigenvalue weighted by atomic mass is 32.1. The van der Waals surface area contributed by atoms with Gasteiger partial charge in [-0.15, -0.1) is 0 Å². The molecule has 0 aromatic carbocycles. The molecule has 2 aliphatic rings. The van der Waals surface area contributed by atoms with Crippen LogP contribution in [0.4, 0.5) is 0 Å². The highest BCUT2D eigenvalue weighted by molar-refractivity contribution is 7.07. The molecular formula is C18H23N3O2S. The van der Waals surface area contributed by atoms with Crippen LogP contribution < -0.4 is 5.56 Å². The third-order valence-corrected chi connectivity index (χ3v) is 6.12. The van der Waals surface area contributed by atoms with Crippen LogP contribution >= 0.6 is 11.3 Å². The van der Waals surface area contributed by atoms with Crippen molar-refractivity contribution >= 4 is 11.3 Å². The number of piperidine rings is 1. The van der Waals surface area contributed by atoms with Crippen LogP contribution in [0.1, 0.15) is 36.9 Å². The summed E-state index contributed by atoms with van der Waals surface area (Å²) in [7, 11) is 0. The molecule has 2 fully saturated rings. The summed E-state index contributed by atoms with van der Waals surface area (Å²) in [5.41, 5.74) is 1.19. The molecule has 0 radical (unpaired) electrons. The Bertz CT molecular complexity index is 757. The number of hydrogen-bond donors (Lipinski definition) is 1. The maximum Gasteiger partial charge on any atom is 0.266 e. The third-order valence-electron chi connectivity index (χ3n) is 5.39. The Morgan fingerprint density at radius 2 is 2.04 bits per heavy atom. The molecule has 4 rings (SSSR count). The Labute approximate surface area is 145 Å². The zero-order valence-electron chi connectivity index (χ0n) is 13.9. The molecule has 128 valence electrons. The van der Waals surface area contributed by atoms with E-state index in [0.29, 0.717) is 18.6 Å². The standard InChI is InChI=1S/C18H23N3O2S/c1-13-2-5-17(22)21(19-13)12-18(23)8-15-3-4-16(9-18)20(15)10-14-6-7-24-11-14/h2,5-7,11,15-16,23H,3-4,8-10,12H2,1H3. The quantitative estimate of drug-likeness (QED) is 0.923. The number of thiophene rings is 1. The first kappa shape index (κ1) is 16.0. The summed E-state index contributed by atoms with van der Waals surface area (Å²) in [5, 5.41) is 19.8. The van der Waals surface area contributed by atoms with Crippen LogP contribution in [0.15, 0.2) is 33.8 Å². The van der Waals surface area contributed by atoms with E-state index in [4.69, 9.17) is 0 Å². The first-order valence-corrected chi connectivity index (χ1v) is 9.51. The summed E-state index contributed by atoms with van der Waals surface area (Å²) in [6.45, 7) is 3.14. The molecule has 5 nitrogen and oxygen atoms in total. The maximum absolute atomic E-state index is 12.0. The zero-order chi connectivity index (χ0) is 16.7. The van der Waals surface area contributed by atoms with Crippen molar-refractivity contribution in [2.45, 2.75) is 63.4 Å². The molecule has 0 spiro atoms. The summed E-state index contributed by atoms with van der Waals surface area (Å²) >= 11 is 1.73. The molecule has 2 bridgehead atoms. The average molecular weight is 345 g/mol. The van der Waals surface area contributed by atoms with Crippen molar-refractivity contribution in [3.05, 3.63) is 50.6 Å². The minimum absolute atomic E-state index is 0.137. The largest absolute Gasteiger partial charge is 0.388 e. The van der Waals surface area contributed by atoms with Gasteiger partial charge in [0.1, 0.15) is 0 Å². The maximum atomic E-state index is 12.0. The van der Waals surface area contributed by atoms with Gasteiger partial charge < -0.3 is 5.11 Å². The Morgan fingerprint density at radius 3 is 2.71 bits per heavy atom. The molecule has 0 amide bonds. The highest BCUT2D eigenvalue weighted by Gasteiger charge is 2.47. The number of aliphatic hydroxyl groups is 1. The second-order valence-electron chi connectivity index (χ2n) is 7.29. The van der Waals surface area contributed by atoms with Gasteiger partial charge in [0, 0.05) is 24.7 Å². The topological polar surface area (TPSA) is 58.4 Å². The van der Waals surface area contributed by atoms with Crippen molar-refractivity contribution < 1.29 is 5.11 Å². The predicted octanol–water partition coefficient (Wildman–Crippen LogP) is 2.17. The van der Waals surface area contributed by atoms with Gasteiger partial charge in [-0.05, 0) is 61.1 Å². The van der Waals surface area contributed by atoms with Crippen molar-refractivity contribution in [2.75, 3.05) is 0 Å². The lowest BCUT2D eigenvalue weighted by atomic mass is 9.85. The summed E-state index contributed by atoms with van der Waals surface area (Å²) in [5.74, 6) is 0. The van der Waals surface area contributed by atoms with Crippen molar-refractivity contribution in [3.8, 4) is 0 Å².